The molecule has 0 fully saturated rings. The van der Waals surface area contributed by atoms with Crippen LogP contribution in [0.15, 0.2) is 18.2 Å². The summed E-state index contributed by atoms with van der Waals surface area (Å²) in [5.41, 5.74) is 0.573. The fourth-order valence-corrected chi connectivity index (χ4v) is 3.15. The van der Waals surface area contributed by atoms with Crippen LogP contribution in [0.4, 0.5) is 9.59 Å². The van der Waals surface area contributed by atoms with Gasteiger partial charge in [0.25, 0.3) is 0 Å². The number of benzene rings is 1. The van der Waals surface area contributed by atoms with Gasteiger partial charge >= 0.3 is 24.2 Å². The predicted octanol–water partition coefficient (Wildman–Crippen LogP) is 4.19. The summed E-state index contributed by atoms with van der Waals surface area (Å²) in [6.45, 7) is 8.11. The number of esters is 2. The van der Waals surface area contributed by atoms with Crippen molar-refractivity contribution in [1.82, 2.24) is 5.32 Å². The molecule has 1 unspecified atom stereocenters. The zero-order valence-corrected chi connectivity index (χ0v) is 22.3. The van der Waals surface area contributed by atoms with E-state index in [0.717, 1.165) is 12.8 Å². The van der Waals surface area contributed by atoms with Crippen molar-refractivity contribution < 1.29 is 47.6 Å². The molecule has 0 aliphatic heterocycles. The second-order valence-corrected chi connectivity index (χ2v) is 8.27. The van der Waals surface area contributed by atoms with Crippen LogP contribution < -0.4 is 14.8 Å². The van der Waals surface area contributed by atoms with Gasteiger partial charge in [0.1, 0.15) is 12.6 Å². The van der Waals surface area contributed by atoms with Crippen molar-refractivity contribution in [3.63, 3.8) is 0 Å². The Morgan fingerprint density at radius 1 is 0.811 bits per heavy atom. The van der Waals surface area contributed by atoms with E-state index < -0.39 is 24.3 Å². The maximum absolute atomic E-state index is 12.3. The molecule has 37 heavy (non-hydrogen) atoms. The molecule has 0 bridgehead atoms. The Balaban J connectivity index is 2.93. The first-order chi connectivity index (χ1) is 17.7. The molecule has 0 spiro atoms. The first kappa shape index (κ1) is 31.7. The minimum atomic E-state index is -0.965. The van der Waals surface area contributed by atoms with E-state index in [9.17, 15) is 19.2 Å². The van der Waals surface area contributed by atoms with E-state index in [0.29, 0.717) is 18.4 Å². The molecule has 0 saturated heterocycles. The lowest BCUT2D eigenvalue weighted by Gasteiger charge is -2.18. The molecule has 11 heteroatoms. The lowest BCUT2D eigenvalue weighted by molar-refractivity contribution is -0.148. The molecule has 2 atom stereocenters. The van der Waals surface area contributed by atoms with Crippen LogP contribution in [0, 0.1) is 5.92 Å². The van der Waals surface area contributed by atoms with Crippen molar-refractivity contribution in [3.05, 3.63) is 23.8 Å². The highest BCUT2D eigenvalue weighted by molar-refractivity contribution is 5.76. The normalized spacial score (nSPS) is 12.1. The summed E-state index contributed by atoms with van der Waals surface area (Å²) >= 11 is 0. The second-order valence-electron chi connectivity index (χ2n) is 8.27. The Kier molecular flexibility index (Phi) is 15.4. The molecule has 0 heterocycles. The number of methoxy groups -OCH3 is 1. The van der Waals surface area contributed by atoms with E-state index in [1.807, 2.05) is 27.7 Å². The van der Waals surface area contributed by atoms with Gasteiger partial charge in [0.2, 0.25) is 0 Å². The SMILES string of the molecule is CCCOC(=O)Oc1ccc(C[C@H](NCCOC(=O)C(C)CCC)C(=O)OC)cc1OC(=O)OCCC. The van der Waals surface area contributed by atoms with Crippen LogP contribution in [0.2, 0.25) is 0 Å². The number of hydrogen-bond donors (Lipinski definition) is 1. The Hall–Kier alpha value is -3.34. The zero-order valence-electron chi connectivity index (χ0n) is 22.3. The highest BCUT2D eigenvalue weighted by Gasteiger charge is 2.22. The molecule has 0 aliphatic rings. The van der Waals surface area contributed by atoms with Crippen LogP contribution in [0.3, 0.4) is 0 Å². The third-order valence-electron chi connectivity index (χ3n) is 5.03. The molecular formula is C26H39NO10. The number of hydrogen-bond acceptors (Lipinski definition) is 11. The van der Waals surface area contributed by atoms with Crippen LogP contribution in [0.1, 0.15) is 58.9 Å². The first-order valence-corrected chi connectivity index (χ1v) is 12.6. The molecular weight excluding hydrogens is 486 g/mol. The summed E-state index contributed by atoms with van der Waals surface area (Å²) in [4.78, 5) is 48.3. The van der Waals surface area contributed by atoms with Gasteiger partial charge < -0.3 is 33.7 Å². The van der Waals surface area contributed by atoms with Crippen LogP contribution in [0.5, 0.6) is 11.5 Å². The Labute approximate surface area is 218 Å². The molecule has 0 radical (unpaired) electrons. The van der Waals surface area contributed by atoms with Gasteiger partial charge in [-0.2, -0.15) is 0 Å². The number of carbonyl (C=O) groups excluding carboxylic acids is 4. The fraction of sp³-hybridized carbons (Fsp3) is 0.615. The van der Waals surface area contributed by atoms with E-state index in [1.165, 1.54) is 19.2 Å². The maximum Gasteiger partial charge on any atom is 0.513 e. The summed E-state index contributed by atoms with van der Waals surface area (Å²) < 4.78 is 30.4. The van der Waals surface area contributed by atoms with Gasteiger partial charge in [0.15, 0.2) is 11.5 Å². The quantitative estimate of drug-likeness (QED) is 0.144. The summed E-state index contributed by atoms with van der Waals surface area (Å²) in [6, 6.07) is 3.71. The highest BCUT2D eigenvalue weighted by atomic mass is 16.7. The smallest absolute Gasteiger partial charge is 0.468 e. The van der Waals surface area contributed by atoms with Crippen LogP contribution in [-0.4, -0.2) is 63.8 Å². The number of nitrogens with one attached hydrogen (secondary N) is 1. The minimum Gasteiger partial charge on any atom is -0.468 e. The van der Waals surface area contributed by atoms with Crippen molar-refractivity contribution in [2.24, 2.45) is 5.92 Å². The van der Waals surface area contributed by atoms with Crippen molar-refractivity contribution in [2.45, 2.75) is 65.8 Å². The van der Waals surface area contributed by atoms with Crippen LogP contribution in [0.25, 0.3) is 0 Å². The molecule has 0 saturated carbocycles. The van der Waals surface area contributed by atoms with Crippen molar-refractivity contribution in [3.8, 4) is 11.5 Å². The molecule has 11 nitrogen and oxygen atoms in total. The Bertz CT molecular complexity index is 873. The van der Waals surface area contributed by atoms with Gasteiger partial charge in [-0.15, -0.1) is 0 Å². The lowest BCUT2D eigenvalue weighted by atomic mass is 10.1. The zero-order chi connectivity index (χ0) is 27.6. The number of rotatable bonds is 16. The topological polar surface area (TPSA) is 136 Å². The van der Waals surface area contributed by atoms with Crippen molar-refractivity contribution >= 4 is 24.2 Å². The predicted molar refractivity (Wildman–Crippen MR) is 134 cm³/mol. The van der Waals surface area contributed by atoms with Crippen LogP contribution >= 0.6 is 0 Å². The molecule has 1 aromatic rings. The lowest BCUT2D eigenvalue weighted by Crippen LogP contribution is -2.41. The Morgan fingerprint density at radius 2 is 1.43 bits per heavy atom. The number of carbonyl (C=O) groups is 4. The monoisotopic (exact) mass is 525 g/mol. The van der Waals surface area contributed by atoms with Crippen molar-refractivity contribution in [1.29, 1.82) is 0 Å². The van der Waals surface area contributed by atoms with Gasteiger partial charge in [0.05, 0.1) is 26.2 Å². The van der Waals surface area contributed by atoms with Gasteiger partial charge in [-0.3, -0.25) is 9.59 Å². The van der Waals surface area contributed by atoms with Gasteiger partial charge in [-0.1, -0.05) is 40.2 Å². The molecule has 0 amide bonds. The standard InChI is InChI=1S/C26H39NO10/c1-6-9-18(4)23(28)33-15-12-27-20(24(29)32-5)16-19-10-11-21(36-25(30)34-13-7-2)22(17-19)37-26(31)35-14-8-3/h10-11,17-18,20,27H,6-9,12-16H2,1-5H3/t18?,20-/m0/s1. The Morgan fingerprint density at radius 3 is 2.00 bits per heavy atom. The van der Waals surface area contributed by atoms with Crippen LogP contribution in [-0.2, 0) is 35.0 Å². The average molecular weight is 526 g/mol. The van der Waals surface area contributed by atoms with Crippen molar-refractivity contribution in [2.75, 3.05) is 33.5 Å². The summed E-state index contributed by atoms with van der Waals surface area (Å²) in [6.07, 6.45) is 1.06. The third-order valence-corrected chi connectivity index (χ3v) is 5.03. The van der Waals surface area contributed by atoms with Gasteiger partial charge in [0, 0.05) is 6.54 Å². The highest BCUT2D eigenvalue weighted by Crippen LogP contribution is 2.30. The first-order valence-electron chi connectivity index (χ1n) is 12.6. The molecule has 0 aliphatic carbocycles. The van der Waals surface area contributed by atoms with Gasteiger partial charge in [-0.25, -0.2) is 9.59 Å². The molecule has 1 rings (SSSR count). The maximum atomic E-state index is 12.3. The molecule has 1 aromatic carbocycles. The van der Waals surface area contributed by atoms with E-state index in [4.69, 9.17) is 28.4 Å². The van der Waals surface area contributed by atoms with E-state index >= 15 is 0 Å². The summed E-state index contributed by atoms with van der Waals surface area (Å²) in [7, 11) is 1.26. The molecule has 0 aromatic heterocycles. The third kappa shape index (κ3) is 12.4. The fourth-order valence-electron chi connectivity index (χ4n) is 3.15. The summed E-state index contributed by atoms with van der Waals surface area (Å²) in [5.74, 6) is -1.13. The van der Waals surface area contributed by atoms with E-state index in [1.54, 1.807) is 6.07 Å². The molecule has 1 N–H and O–H groups in total. The largest absolute Gasteiger partial charge is 0.513 e. The second kappa shape index (κ2) is 18.0. The van der Waals surface area contributed by atoms with E-state index in [2.05, 4.69) is 5.32 Å². The van der Waals surface area contributed by atoms with E-state index in [-0.39, 0.29) is 56.2 Å². The molecule has 208 valence electrons. The average Bonchev–Trinajstić information content (AvgIpc) is 2.88. The minimum absolute atomic E-state index is 0.0472. The summed E-state index contributed by atoms with van der Waals surface area (Å²) in [5, 5.41) is 3.01. The van der Waals surface area contributed by atoms with Gasteiger partial charge in [-0.05, 0) is 43.4 Å². The number of ether oxygens (including phenoxy) is 6.